The number of nitrogens with zero attached hydrogens (tertiary/aromatic N) is 2. The van der Waals surface area contributed by atoms with Gasteiger partial charge in [-0.15, -0.1) is 0 Å². The monoisotopic (exact) mass is 600 g/mol. The molecule has 0 bridgehead atoms. The van der Waals surface area contributed by atoms with Crippen LogP contribution in [-0.4, -0.2) is 4.57 Å². The molecular weight excluding hydrogens is 569 g/mol. The molecule has 7 aromatic rings. The molecule has 6 aromatic carbocycles. The summed E-state index contributed by atoms with van der Waals surface area (Å²) in [6.07, 6.45) is 0. The topological polar surface area (TPSA) is 8.17 Å². The molecule has 3 aliphatic rings. The average molecular weight is 601 g/mol. The Hall–Kier alpha value is -5.86. The number of hydrogen-bond donors (Lipinski definition) is 0. The quantitative estimate of drug-likeness (QED) is 0.191. The van der Waals surface area contributed by atoms with E-state index in [0.29, 0.717) is 0 Å². The first-order chi connectivity index (χ1) is 23.1. The van der Waals surface area contributed by atoms with Gasteiger partial charge in [0.25, 0.3) is 0 Å². The molecule has 1 heterocycles. The highest BCUT2D eigenvalue weighted by atomic mass is 15.1. The van der Waals surface area contributed by atoms with E-state index >= 15 is 0 Å². The molecular formula is C45H32N2. The maximum atomic E-state index is 2.42. The van der Waals surface area contributed by atoms with E-state index < -0.39 is 0 Å². The van der Waals surface area contributed by atoms with Crippen molar-refractivity contribution in [2.45, 2.75) is 19.3 Å². The largest absolute Gasteiger partial charge is 0.310 e. The van der Waals surface area contributed by atoms with Crippen LogP contribution in [0, 0.1) is 0 Å². The number of benzene rings is 7. The molecule has 1 aromatic heterocycles. The van der Waals surface area contributed by atoms with Crippen LogP contribution in [0.1, 0.15) is 25.0 Å². The van der Waals surface area contributed by atoms with E-state index in [4.69, 9.17) is 0 Å². The van der Waals surface area contributed by atoms with Gasteiger partial charge in [0.15, 0.2) is 0 Å². The molecule has 0 amide bonds. The van der Waals surface area contributed by atoms with Crippen molar-refractivity contribution in [3.8, 4) is 39.1 Å². The minimum Gasteiger partial charge on any atom is -0.310 e. The van der Waals surface area contributed by atoms with Crippen LogP contribution >= 0.6 is 0 Å². The van der Waals surface area contributed by atoms with Gasteiger partial charge in [-0.25, -0.2) is 0 Å². The zero-order valence-electron chi connectivity index (χ0n) is 26.4. The normalized spacial score (nSPS) is 13.5. The van der Waals surface area contributed by atoms with Crippen LogP contribution in [0.25, 0.3) is 60.9 Å². The lowest BCUT2D eigenvalue weighted by Gasteiger charge is -2.28. The fraction of sp³-hybridized carbons (Fsp3) is 0.0667. The van der Waals surface area contributed by atoms with Gasteiger partial charge in [0.05, 0.1) is 11.0 Å². The highest BCUT2D eigenvalue weighted by molar-refractivity contribution is 6.09. The van der Waals surface area contributed by atoms with E-state index in [2.05, 4.69) is 181 Å². The first-order valence-corrected chi connectivity index (χ1v) is 16.4. The van der Waals surface area contributed by atoms with Crippen LogP contribution in [0.4, 0.5) is 17.1 Å². The van der Waals surface area contributed by atoms with Crippen molar-refractivity contribution in [3.05, 3.63) is 169 Å². The van der Waals surface area contributed by atoms with Crippen molar-refractivity contribution in [2.75, 3.05) is 4.90 Å². The number of rotatable bonds is 5. The molecule has 0 atom stereocenters. The summed E-state index contributed by atoms with van der Waals surface area (Å²) in [5.41, 5.74) is 18.1. The summed E-state index contributed by atoms with van der Waals surface area (Å²) in [5.74, 6) is 0. The maximum absolute atomic E-state index is 2.42. The highest BCUT2D eigenvalue weighted by Gasteiger charge is 2.41. The SMILES string of the molecule is CC1(C)c2cc(N(c3ccccc3)c3ccc(-c4ccc(-n5c6ccccc6c6ccccc65)cc4)cc3)ccc2-c2c3cc-3cc21. The van der Waals surface area contributed by atoms with Gasteiger partial charge in [0, 0.05) is 38.9 Å². The Labute approximate surface area is 274 Å². The van der Waals surface area contributed by atoms with Gasteiger partial charge in [-0.1, -0.05) is 98.8 Å². The molecule has 2 nitrogen and oxygen atoms in total. The van der Waals surface area contributed by atoms with Crippen LogP contribution in [0.5, 0.6) is 0 Å². The Kier molecular flexibility index (Phi) is 5.37. The number of fused-ring (bicyclic) bond motifs is 8. The fourth-order valence-electron chi connectivity index (χ4n) is 7.99. The van der Waals surface area contributed by atoms with Crippen LogP contribution in [0.2, 0.25) is 0 Å². The standard InChI is InChI=1S/C45H32N2/c1-45(2)40-28-35(24-25-38(40)44-39-26-31(39)27-41(44)45)46(32-10-4-3-5-11-32)33-20-16-29(17-21-33)30-18-22-34(23-19-30)47-42-14-8-6-12-36(42)37-13-7-9-15-43(37)47/h3-28H,1-2H3. The molecule has 0 radical (unpaired) electrons. The van der Waals surface area contributed by atoms with Gasteiger partial charge in [-0.05, 0) is 117 Å². The molecule has 0 N–H and O–H groups in total. The lowest BCUT2D eigenvalue weighted by atomic mass is 9.83. The summed E-state index contributed by atoms with van der Waals surface area (Å²) in [7, 11) is 0. The second-order valence-electron chi connectivity index (χ2n) is 13.4. The Morgan fingerprint density at radius 1 is 0.447 bits per heavy atom. The first kappa shape index (κ1) is 26.4. The molecule has 0 fully saturated rings. The van der Waals surface area contributed by atoms with E-state index in [1.165, 1.54) is 77.7 Å². The number of hydrogen-bond acceptors (Lipinski definition) is 1. The Morgan fingerprint density at radius 2 is 1.02 bits per heavy atom. The van der Waals surface area contributed by atoms with Crippen LogP contribution in [-0.2, 0) is 5.41 Å². The fourth-order valence-corrected chi connectivity index (χ4v) is 7.99. The smallest absolute Gasteiger partial charge is 0.0541 e. The Morgan fingerprint density at radius 3 is 1.70 bits per heavy atom. The number of aromatic nitrogens is 1. The van der Waals surface area contributed by atoms with Gasteiger partial charge in [0.1, 0.15) is 0 Å². The van der Waals surface area contributed by atoms with Crippen LogP contribution in [0.15, 0.2) is 158 Å². The van der Waals surface area contributed by atoms with Gasteiger partial charge in [0.2, 0.25) is 0 Å². The van der Waals surface area contributed by atoms with Crippen molar-refractivity contribution in [1.82, 2.24) is 4.57 Å². The van der Waals surface area contributed by atoms with E-state index in [0.717, 1.165) is 11.4 Å². The summed E-state index contributed by atoms with van der Waals surface area (Å²) in [5, 5.41) is 2.56. The minimum atomic E-state index is -0.0143. The average Bonchev–Trinajstić information content (AvgIpc) is 3.56. The number of para-hydroxylation sites is 3. The van der Waals surface area contributed by atoms with Crippen LogP contribution < -0.4 is 4.90 Å². The van der Waals surface area contributed by atoms with Crippen molar-refractivity contribution < 1.29 is 0 Å². The highest BCUT2D eigenvalue weighted by Crippen LogP contribution is 2.59. The van der Waals surface area contributed by atoms with Gasteiger partial charge in [-0.2, -0.15) is 0 Å². The molecule has 0 aliphatic heterocycles. The summed E-state index contributed by atoms with van der Waals surface area (Å²) in [4.78, 5) is 2.38. The van der Waals surface area contributed by atoms with Gasteiger partial charge < -0.3 is 9.47 Å². The first-order valence-electron chi connectivity index (χ1n) is 16.4. The third-order valence-corrected chi connectivity index (χ3v) is 10.4. The molecule has 222 valence electrons. The molecule has 3 aliphatic carbocycles. The summed E-state index contributed by atoms with van der Waals surface area (Å²) >= 11 is 0. The van der Waals surface area contributed by atoms with Crippen molar-refractivity contribution >= 4 is 38.9 Å². The zero-order chi connectivity index (χ0) is 31.3. The summed E-state index contributed by atoms with van der Waals surface area (Å²) in [6.45, 7) is 4.74. The number of anilines is 3. The van der Waals surface area contributed by atoms with E-state index in [1.54, 1.807) is 0 Å². The van der Waals surface area contributed by atoms with Gasteiger partial charge in [-0.3, -0.25) is 0 Å². The second kappa shape index (κ2) is 9.57. The third-order valence-electron chi connectivity index (χ3n) is 10.4. The molecule has 2 heteroatoms. The molecule has 0 saturated carbocycles. The predicted molar refractivity (Wildman–Crippen MR) is 197 cm³/mol. The van der Waals surface area contributed by atoms with E-state index in [9.17, 15) is 0 Å². The third kappa shape index (κ3) is 3.85. The van der Waals surface area contributed by atoms with Crippen LogP contribution in [0.3, 0.4) is 0 Å². The van der Waals surface area contributed by atoms with Crippen molar-refractivity contribution in [2.24, 2.45) is 0 Å². The summed E-state index contributed by atoms with van der Waals surface area (Å²) in [6, 6.07) is 57.8. The molecule has 0 spiro atoms. The van der Waals surface area contributed by atoms with E-state index in [-0.39, 0.29) is 5.41 Å². The molecule has 10 rings (SSSR count). The van der Waals surface area contributed by atoms with E-state index in [1.807, 2.05) is 0 Å². The molecule has 47 heavy (non-hydrogen) atoms. The lowest BCUT2D eigenvalue weighted by molar-refractivity contribution is 0.662. The predicted octanol–water partition coefficient (Wildman–Crippen LogP) is 12.2. The Bertz CT molecular complexity index is 2460. The van der Waals surface area contributed by atoms with Gasteiger partial charge >= 0.3 is 0 Å². The zero-order valence-corrected chi connectivity index (χ0v) is 26.4. The molecule has 0 saturated heterocycles. The maximum Gasteiger partial charge on any atom is 0.0541 e. The van der Waals surface area contributed by atoms with Crippen molar-refractivity contribution in [3.63, 3.8) is 0 Å². The second-order valence-corrected chi connectivity index (χ2v) is 13.4. The Balaban J connectivity index is 1.01. The lowest BCUT2D eigenvalue weighted by Crippen LogP contribution is -2.16. The van der Waals surface area contributed by atoms with Crippen molar-refractivity contribution in [1.29, 1.82) is 0 Å². The summed E-state index contributed by atoms with van der Waals surface area (Å²) < 4.78 is 2.37. The molecule has 0 unspecified atom stereocenters. The minimum absolute atomic E-state index is 0.0143.